The summed E-state index contributed by atoms with van der Waals surface area (Å²) in [5.41, 5.74) is 3.55. The van der Waals surface area contributed by atoms with Crippen LogP contribution in [0.25, 0.3) is 0 Å². The molecule has 0 atom stereocenters. The van der Waals surface area contributed by atoms with E-state index in [1.54, 1.807) is 24.7 Å². The second kappa shape index (κ2) is 7.26. The molecule has 114 valence electrons. The van der Waals surface area contributed by atoms with Gasteiger partial charge in [-0.3, -0.25) is 9.78 Å². The highest BCUT2D eigenvalue weighted by Gasteiger charge is 2.07. The number of carbonyl (C=O) groups is 1. The lowest BCUT2D eigenvalue weighted by molar-refractivity contribution is 0.0950. The van der Waals surface area contributed by atoms with Crippen molar-refractivity contribution in [2.24, 2.45) is 0 Å². The first-order valence-corrected chi connectivity index (χ1v) is 7.34. The molecule has 2 aromatic heterocycles. The zero-order valence-electron chi connectivity index (χ0n) is 12.5. The van der Waals surface area contributed by atoms with Gasteiger partial charge in [-0.15, -0.1) is 0 Å². The summed E-state index contributed by atoms with van der Waals surface area (Å²) in [4.78, 5) is 16.6. The molecule has 0 bridgehead atoms. The van der Waals surface area contributed by atoms with E-state index in [9.17, 15) is 4.79 Å². The Balaban J connectivity index is 1.65. The lowest BCUT2D eigenvalue weighted by Crippen LogP contribution is -2.23. The molecule has 0 aliphatic carbocycles. The normalized spacial score (nSPS) is 10.3. The van der Waals surface area contributed by atoms with Gasteiger partial charge in [0.15, 0.2) is 0 Å². The smallest absolute Gasteiger partial charge is 0.251 e. The number of pyridine rings is 1. The number of aromatic nitrogens is 3. The number of hydrogen-bond acceptors (Lipinski definition) is 4. The molecular formula is C18H16N4O. The van der Waals surface area contributed by atoms with Gasteiger partial charge in [-0.05, 0) is 29.3 Å². The Morgan fingerprint density at radius 3 is 2.61 bits per heavy atom. The van der Waals surface area contributed by atoms with Crippen molar-refractivity contribution in [3.63, 3.8) is 0 Å². The SMILES string of the molecule is O=C(NCc1ccnnc1)c1ccnc(Cc2ccccc2)c1. The Bertz CT molecular complexity index is 775. The van der Waals surface area contributed by atoms with Gasteiger partial charge in [0, 0.05) is 36.6 Å². The summed E-state index contributed by atoms with van der Waals surface area (Å²) in [7, 11) is 0. The minimum absolute atomic E-state index is 0.126. The molecule has 5 nitrogen and oxygen atoms in total. The fraction of sp³-hybridized carbons (Fsp3) is 0.111. The van der Waals surface area contributed by atoms with Gasteiger partial charge in [-0.1, -0.05) is 30.3 Å². The van der Waals surface area contributed by atoms with Crippen LogP contribution >= 0.6 is 0 Å². The number of nitrogens with one attached hydrogen (secondary N) is 1. The third-order valence-electron chi connectivity index (χ3n) is 3.41. The van der Waals surface area contributed by atoms with Crippen molar-refractivity contribution in [1.29, 1.82) is 0 Å². The summed E-state index contributed by atoms with van der Waals surface area (Å²) in [6.45, 7) is 0.421. The van der Waals surface area contributed by atoms with E-state index in [0.29, 0.717) is 18.5 Å². The van der Waals surface area contributed by atoms with Crippen LogP contribution in [-0.2, 0) is 13.0 Å². The maximum absolute atomic E-state index is 12.2. The Hall–Kier alpha value is -3.08. The molecule has 3 rings (SSSR count). The Morgan fingerprint density at radius 1 is 0.957 bits per heavy atom. The molecule has 2 heterocycles. The van der Waals surface area contributed by atoms with E-state index in [-0.39, 0.29) is 5.91 Å². The standard InChI is InChI=1S/C18H16N4O/c23-18(20-12-15-6-9-21-22-13-15)16-7-8-19-17(11-16)10-14-4-2-1-3-5-14/h1-9,11,13H,10,12H2,(H,20,23). The van der Waals surface area contributed by atoms with Crippen LogP contribution in [-0.4, -0.2) is 21.1 Å². The van der Waals surface area contributed by atoms with Crippen LogP contribution in [0.2, 0.25) is 0 Å². The van der Waals surface area contributed by atoms with E-state index in [1.807, 2.05) is 42.5 Å². The van der Waals surface area contributed by atoms with Crippen LogP contribution in [0.5, 0.6) is 0 Å². The van der Waals surface area contributed by atoms with Crippen LogP contribution in [0.4, 0.5) is 0 Å². The maximum Gasteiger partial charge on any atom is 0.251 e. The van der Waals surface area contributed by atoms with E-state index in [0.717, 1.165) is 11.3 Å². The zero-order chi connectivity index (χ0) is 15.9. The molecule has 23 heavy (non-hydrogen) atoms. The number of nitrogens with zero attached hydrogens (tertiary/aromatic N) is 3. The van der Waals surface area contributed by atoms with E-state index in [1.165, 1.54) is 5.56 Å². The van der Waals surface area contributed by atoms with Gasteiger partial charge in [0.25, 0.3) is 5.91 Å². The van der Waals surface area contributed by atoms with Gasteiger partial charge in [-0.25, -0.2) is 0 Å². The Morgan fingerprint density at radius 2 is 1.83 bits per heavy atom. The lowest BCUT2D eigenvalue weighted by Gasteiger charge is -2.06. The Labute approximate surface area is 134 Å². The maximum atomic E-state index is 12.2. The summed E-state index contributed by atoms with van der Waals surface area (Å²) >= 11 is 0. The molecule has 1 amide bonds. The van der Waals surface area contributed by atoms with E-state index in [2.05, 4.69) is 20.5 Å². The van der Waals surface area contributed by atoms with Gasteiger partial charge >= 0.3 is 0 Å². The molecular weight excluding hydrogens is 288 g/mol. The predicted molar refractivity (Wildman–Crippen MR) is 86.7 cm³/mol. The lowest BCUT2D eigenvalue weighted by atomic mass is 10.1. The molecule has 0 radical (unpaired) electrons. The monoisotopic (exact) mass is 304 g/mol. The minimum atomic E-state index is -0.126. The van der Waals surface area contributed by atoms with Gasteiger partial charge in [0.05, 0.1) is 6.20 Å². The van der Waals surface area contributed by atoms with Crippen molar-refractivity contribution in [1.82, 2.24) is 20.5 Å². The van der Waals surface area contributed by atoms with E-state index >= 15 is 0 Å². The molecule has 0 saturated carbocycles. The van der Waals surface area contributed by atoms with Crippen molar-refractivity contribution < 1.29 is 4.79 Å². The fourth-order valence-corrected chi connectivity index (χ4v) is 2.23. The van der Waals surface area contributed by atoms with Crippen LogP contribution in [0.1, 0.15) is 27.2 Å². The average molecular weight is 304 g/mol. The Kier molecular flexibility index (Phi) is 4.69. The van der Waals surface area contributed by atoms with Gasteiger partial charge < -0.3 is 5.32 Å². The van der Waals surface area contributed by atoms with Crippen molar-refractivity contribution in [3.8, 4) is 0 Å². The molecule has 0 unspecified atom stereocenters. The molecule has 1 N–H and O–H groups in total. The van der Waals surface area contributed by atoms with E-state index < -0.39 is 0 Å². The number of amides is 1. The molecule has 0 fully saturated rings. The second-order valence-electron chi connectivity index (χ2n) is 5.13. The highest BCUT2D eigenvalue weighted by atomic mass is 16.1. The summed E-state index contributed by atoms with van der Waals surface area (Å²) in [6, 6.07) is 15.4. The van der Waals surface area contributed by atoms with Crippen LogP contribution < -0.4 is 5.32 Å². The van der Waals surface area contributed by atoms with Crippen molar-refractivity contribution in [3.05, 3.63) is 89.5 Å². The summed E-state index contributed by atoms with van der Waals surface area (Å²) in [5.74, 6) is -0.126. The van der Waals surface area contributed by atoms with Crippen molar-refractivity contribution in [2.75, 3.05) is 0 Å². The third kappa shape index (κ3) is 4.20. The van der Waals surface area contributed by atoms with Gasteiger partial charge in [0.1, 0.15) is 0 Å². The molecule has 5 heteroatoms. The number of benzene rings is 1. The van der Waals surface area contributed by atoms with Gasteiger partial charge in [-0.2, -0.15) is 10.2 Å². The highest BCUT2D eigenvalue weighted by Crippen LogP contribution is 2.09. The molecule has 0 saturated heterocycles. The molecule has 3 aromatic rings. The van der Waals surface area contributed by atoms with Crippen LogP contribution in [0, 0.1) is 0 Å². The second-order valence-corrected chi connectivity index (χ2v) is 5.13. The first-order valence-electron chi connectivity index (χ1n) is 7.34. The fourth-order valence-electron chi connectivity index (χ4n) is 2.23. The topological polar surface area (TPSA) is 67.8 Å². The van der Waals surface area contributed by atoms with Crippen molar-refractivity contribution >= 4 is 5.91 Å². The van der Waals surface area contributed by atoms with Crippen molar-refractivity contribution in [2.45, 2.75) is 13.0 Å². The average Bonchev–Trinajstić information content (AvgIpc) is 2.62. The molecule has 0 spiro atoms. The largest absolute Gasteiger partial charge is 0.348 e. The number of carbonyl (C=O) groups excluding carboxylic acids is 1. The first-order chi connectivity index (χ1) is 11.3. The minimum Gasteiger partial charge on any atom is -0.348 e. The third-order valence-corrected chi connectivity index (χ3v) is 3.41. The highest BCUT2D eigenvalue weighted by molar-refractivity contribution is 5.94. The predicted octanol–water partition coefficient (Wildman–Crippen LogP) is 2.39. The quantitative estimate of drug-likeness (QED) is 0.786. The number of hydrogen-bond donors (Lipinski definition) is 1. The summed E-state index contributed by atoms with van der Waals surface area (Å²) in [5, 5.41) is 10.4. The summed E-state index contributed by atoms with van der Waals surface area (Å²) in [6.07, 6.45) is 5.61. The summed E-state index contributed by atoms with van der Waals surface area (Å²) < 4.78 is 0. The van der Waals surface area contributed by atoms with Crippen LogP contribution in [0.15, 0.2) is 67.1 Å². The van der Waals surface area contributed by atoms with Crippen LogP contribution in [0.3, 0.4) is 0 Å². The molecule has 0 aliphatic heterocycles. The number of rotatable bonds is 5. The first kappa shape index (κ1) is 14.8. The van der Waals surface area contributed by atoms with Gasteiger partial charge in [0.2, 0.25) is 0 Å². The molecule has 0 aliphatic rings. The zero-order valence-corrected chi connectivity index (χ0v) is 12.5. The molecule has 1 aromatic carbocycles. The van der Waals surface area contributed by atoms with E-state index in [4.69, 9.17) is 0 Å².